The van der Waals surface area contributed by atoms with Crippen LogP contribution in [0.5, 0.6) is 17.2 Å². The lowest BCUT2D eigenvalue weighted by atomic mass is 10.1. The number of hydrogen-bond acceptors (Lipinski definition) is 6. The minimum atomic E-state index is -0.327. The molecule has 0 spiro atoms. The third kappa shape index (κ3) is 6.45. The molecule has 8 heteroatoms. The first-order valence-corrected chi connectivity index (χ1v) is 14.8. The van der Waals surface area contributed by atoms with Gasteiger partial charge < -0.3 is 14.2 Å². The van der Waals surface area contributed by atoms with Crippen LogP contribution < -0.4 is 14.2 Å². The predicted molar refractivity (Wildman–Crippen MR) is 168 cm³/mol. The van der Waals surface area contributed by atoms with Crippen molar-refractivity contribution in [1.82, 2.24) is 4.90 Å². The van der Waals surface area contributed by atoms with Gasteiger partial charge in [0.2, 0.25) is 0 Å². The maximum Gasteiger partial charge on any atom is 0.293 e. The minimum Gasteiger partial charge on any atom is -0.492 e. The lowest BCUT2D eigenvalue weighted by molar-refractivity contribution is -0.123. The molecule has 0 N–H and O–H groups in total. The van der Waals surface area contributed by atoms with Gasteiger partial charge in [0, 0.05) is 0 Å². The number of rotatable bonds is 10. The third-order valence-corrected chi connectivity index (χ3v) is 8.07. The lowest BCUT2D eigenvalue weighted by Crippen LogP contribution is -2.32. The largest absolute Gasteiger partial charge is 0.492 e. The van der Waals surface area contributed by atoms with Gasteiger partial charge in [-0.3, -0.25) is 14.5 Å². The lowest BCUT2D eigenvalue weighted by Gasteiger charge is -2.16. The zero-order valence-corrected chi connectivity index (χ0v) is 25.2. The van der Waals surface area contributed by atoms with Crippen molar-refractivity contribution in [2.45, 2.75) is 20.5 Å². The summed E-state index contributed by atoms with van der Waals surface area (Å²) >= 11 is 3.15. The number of carbonyl (C=O) groups is 2. The summed E-state index contributed by atoms with van der Waals surface area (Å²) in [7, 11) is 0. The van der Waals surface area contributed by atoms with Gasteiger partial charge in [-0.25, -0.2) is 0 Å². The van der Waals surface area contributed by atoms with E-state index in [1.165, 1.54) is 4.90 Å². The molecule has 4 aromatic carbocycles. The van der Waals surface area contributed by atoms with Gasteiger partial charge in [0.25, 0.3) is 11.1 Å². The van der Waals surface area contributed by atoms with Crippen molar-refractivity contribution in [2.75, 3.05) is 19.8 Å². The van der Waals surface area contributed by atoms with Crippen LogP contribution in [0.15, 0.2) is 83.8 Å². The highest BCUT2D eigenvalue weighted by Crippen LogP contribution is 2.38. The van der Waals surface area contributed by atoms with Crippen molar-refractivity contribution in [3.05, 3.63) is 104 Å². The van der Waals surface area contributed by atoms with Crippen molar-refractivity contribution >= 4 is 62.3 Å². The molecule has 6 nitrogen and oxygen atoms in total. The van der Waals surface area contributed by atoms with Crippen molar-refractivity contribution in [1.29, 1.82) is 0 Å². The fourth-order valence-electron chi connectivity index (χ4n) is 4.38. The van der Waals surface area contributed by atoms with Crippen LogP contribution in [0.3, 0.4) is 0 Å². The molecule has 1 fully saturated rings. The van der Waals surface area contributed by atoms with E-state index in [4.69, 9.17) is 14.2 Å². The molecule has 0 atom stereocenters. The number of thioether (sulfide) groups is 1. The second-order valence-electron chi connectivity index (χ2n) is 9.18. The van der Waals surface area contributed by atoms with Crippen molar-refractivity contribution in [3.63, 3.8) is 0 Å². The Morgan fingerprint density at radius 3 is 2.50 bits per heavy atom. The van der Waals surface area contributed by atoms with Crippen LogP contribution in [0.4, 0.5) is 4.79 Å². The third-order valence-electron chi connectivity index (χ3n) is 6.36. The van der Waals surface area contributed by atoms with Crippen LogP contribution in [0.2, 0.25) is 0 Å². The Morgan fingerprint density at radius 1 is 0.925 bits per heavy atom. The van der Waals surface area contributed by atoms with E-state index in [2.05, 4.69) is 46.9 Å². The minimum absolute atomic E-state index is 0.179. The van der Waals surface area contributed by atoms with Gasteiger partial charge in [-0.1, -0.05) is 60.2 Å². The Kier molecular flexibility index (Phi) is 8.96. The second kappa shape index (κ2) is 12.8. The van der Waals surface area contributed by atoms with Crippen molar-refractivity contribution in [2.24, 2.45) is 0 Å². The normalized spacial score (nSPS) is 14.3. The van der Waals surface area contributed by atoms with Crippen LogP contribution in [-0.2, 0) is 11.4 Å². The van der Waals surface area contributed by atoms with Crippen molar-refractivity contribution < 1.29 is 23.8 Å². The Balaban J connectivity index is 1.30. The molecular weight excluding hydrogens is 637 g/mol. The molecule has 0 saturated carbocycles. The summed E-state index contributed by atoms with van der Waals surface area (Å²) in [5.41, 5.74) is 2.97. The standard InChI is InChI=1S/C32H28INO5S/c1-3-37-28-18-22(17-27(33)30(28)39-20-24-9-6-8-23-7-4-5-10-26(23)24)19-29-31(35)34(32(36)40-29)15-16-38-25-13-11-21(2)12-14-25/h4-14,17-19H,3,15-16,20H2,1-2H3/b29-19-. The summed E-state index contributed by atoms with van der Waals surface area (Å²) in [6.45, 7) is 5.17. The first kappa shape index (κ1) is 28.0. The Bertz CT molecular complexity index is 1580. The Labute approximate surface area is 251 Å². The summed E-state index contributed by atoms with van der Waals surface area (Å²) in [5.74, 6) is 1.61. The number of benzene rings is 4. The van der Waals surface area contributed by atoms with Crippen LogP contribution in [0, 0.1) is 10.5 Å². The highest BCUT2D eigenvalue weighted by molar-refractivity contribution is 14.1. The quantitative estimate of drug-likeness (QED) is 0.127. The highest BCUT2D eigenvalue weighted by Gasteiger charge is 2.35. The number of carbonyl (C=O) groups excluding carboxylic acids is 2. The average Bonchev–Trinajstić information content (AvgIpc) is 3.21. The topological polar surface area (TPSA) is 65.1 Å². The fourth-order valence-corrected chi connectivity index (χ4v) is 6.02. The number of ether oxygens (including phenoxy) is 3. The van der Waals surface area contributed by atoms with Gasteiger partial charge in [-0.2, -0.15) is 0 Å². The van der Waals surface area contributed by atoms with Gasteiger partial charge in [0.05, 0.1) is 21.6 Å². The molecule has 40 heavy (non-hydrogen) atoms. The van der Waals surface area contributed by atoms with E-state index in [1.54, 1.807) is 6.08 Å². The Morgan fingerprint density at radius 2 is 1.70 bits per heavy atom. The molecule has 0 unspecified atom stereocenters. The zero-order chi connectivity index (χ0) is 28.1. The molecule has 4 aromatic rings. The fraction of sp³-hybridized carbons (Fsp3) is 0.188. The van der Waals surface area contributed by atoms with Crippen LogP contribution >= 0.6 is 34.4 Å². The molecular formula is C32H28INO5S. The smallest absolute Gasteiger partial charge is 0.293 e. The second-order valence-corrected chi connectivity index (χ2v) is 11.3. The summed E-state index contributed by atoms with van der Waals surface area (Å²) in [5, 5.41) is 2.00. The number of amides is 2. The number of halogens is 1. The zero-order valence-electron chi connectivity index (χ0n) is 22.2. The number of fused-ring (bicyclic) bond motifs is 1. The molecule has 204 valence electrons. The van der Waals surface area contributed by atoms with Gasteiger partial charge in [-0.05, 0) is 100 Å². The van der Waals surface area contributed by atoms with Gasteiger partial charge in [-0.15, -0.1) is 0 Å². The molecule has 2 amide bonds. The number of hydrogen-bond donors (Lipinski definition) is 0. The van der Waals surface area contributed by atoms with Gasteiger partial charge in [0.1, 0.15) is 19.0 Å². The average molecular weight is 666 g/mol. The van der Waals surface area contributed by atoms with Gasteiger partial charge >= 0.3 is 0 Å². The van der Waals surface area contributed by atoms with E-state index >= 15 is 0 Å². The SMILES string of the molecule is CCOc1cc(/C=C2\SC(=O)N(CCOc3ccc(C)cc3)C2=O)cc(I)c1OCc1cccc2ccccc12. The summed E-state index contributed by atoms with van der Waals surface area (Å²) in [6, 6.07) is 25.8. The highest BCUT2D eigenvalue weighted by atomic mass is 127. The molecule has 1 aliphatic heterocycles. The molecule has 0 aliphatic carbocycles. The maximum absolute atomic E-state index is 13.0. The molecule has 1 heterocycles. The Hall–Kier alpha value is -3.50. The molecule has 1 aliphatic rings. The molecule has 5 rings (SSSR count). The first-order valence-electron chi connectivity index (χ1n) is 12.9. The van der Waals surface area contributed by atoms with E-state index in [0.29, 0.717) is 35.4 Å². The number of nitrogens with zero attached hydrogens (tertiary/aromatic N) is 1. The first-order chi connectivity index (χ1) is 19.4. The van der Waals surface area contributed by atoms with Crippen LogP contribution in [0.25, 0.3) is 16.8 Å². The van der Waals surface area contributed by atoms with Crippen molar-refractivity contribution in [3.8, 4) is 17.2 Å². The van der Waals surface area contributed by atoms with E-state index < -0.39 is 0 Å². The number of aryl methyl sites for hydroxylation is 1. The predicted octanol–water partition coefficient (Wildman–Crippen LogP) is 7.85. The monoisotopic (exact) mass is 665 g/mol. The maximum atomic E-state index is 13.0. The van der Waals surface area contributed by atoms with Crippen LogP contribution in [-0.4, -0.2) is 35.8 Å². The van der Waals surface area contributed by atoms with E-state index in [-0.39, 0.29) is 24.3 Å². The van der Waals surface area contributed by atoms with E-state index in [0.717, 1.165) is 42.8 Å². The molecule has 0 aromatic heterocycles. The molecule has 0 radical (unpaired) electrons. The summed E-state index contributed by atoms with van der Waals surface area (Å²) in [6.07, 6.45) is 1.73. The van der Waals surface area contributed by atoms with E-state index in [1.807, 2.05) is 68.4 Å². The summed E-state index contributed by atoms with van der Waals surface area (Å²) < 4.78 is 18.8. The van der Waals surface area contributed by atoms with Crippen LogP contribution in [0.1, 0.15) is 23.6 Å². The molecule has 1 saturated heterocycles. The van der Waals surface area contributed by atoms with E-state index in [9.17, 15) is 9.59 Å². The molecule has 0 bridgehead atoms. The number of imide groups is 1. The van der Waals surface area contributed by atoms with Gasteiger partial charge in [0.15, 0.2) is 11.5 Å². The summed E-state index contributed by atoms with van der Waals surface area (Å²) in [4.78, 5) is 27.2.